The van der Waals surface area contributed by atoms with E-state index in [1.54, 1.807) is 7.11 Å². The smallest absolute Gasteiger partial charge is 0.280 e. The van der Waals surface area contributed by atoms with Crippen LogP contribution in [0.25, 0.3) is 11.3 Å². The molecule has 1 aromatic carbocycles. The Kier molecular flexibility index (Phi) is 7.30. The van der Waals surface area contributed by atoms with Crippen LogP contribution in [0.5, 0.6) is 11.6 Å². The van der Waals surface area contributed by atoms with Crippen LogP contribution in [0, 0.1) is 0 Å². The van der Waals surface area contributed by atoms with Crippen LogP contribution in [0.3, 0.4) is 0 Å². The van der Waals surface area contributed by atoms with Gasteiger partial charge in [-0.2, -0.15) is 0 Å². The van der Waals surface area contributed by atoms with Gasteiger partial charge in [0.15, 0.2) is 0 Å². The lowest BCUT2D eigenvalue weighted by Gasteiger charge is -2.11. The normalized spacial score (nSPS) is 10.5. The molecule has 0 aliphatic carbocycles. The fourth-order valence-corrected chi connectivity index (χ4v) is 2.41. The molecule has 0 unspecified atom stereocenters. The van der Waals surface area contributed by atoms with E-state index in [0.717, 1.165) is 12.0 Å². The molecule has 0 aliphatic rings. The van der Waals surface area contributed by atoms with Gasteiger partial charge in [0, 0.05) is 5.56 Å². The van der Waals surface area contributed by atoms with E-state index in [4.69, 9.17) is 9.47 Å². The first kappa shape index (κ1) is 17.2. The summed E-state index contributed by atoms with van der Waals surface area (Å²) in [6.45, 7) is 2.84. The fourth-order valence-electron chi connectivity index (χ4n) is 2.41. The van der Waals surface area contributed by atoms with Gasteiger partial charge in [0.05, 0.1) is 13.7 Å². The Morgan fingerprint density at radius 2 is 1.65 bits per heavy atom. The van der Waals surface area contributed by atoms with E-state index in [-0.39, 0.29) is 0 Å². The van der Waals surface area contributed by atoms with Crippen LogP contribution >= 0.6 is 0 Å². The van der Waals surface area contributed by atoms with Crippen molar-refractivity contribution in [3.63, 3.8) is 0 Å². The van der Waals surface area contributed by atoms with Crippen molar-refractivity contribution >= 4 is 0 Å². The molecule has 0 saturated heterocycles. The van der Waals surface area contributed by atoms with E-state index >= 15 is 0 Å². The van der Waals surface area contributed by atoms with Crippen LogP contribution in [-0.2, 0) is 0 Å². The Hall–Kier alpha value is -2.17. The van der Waals surface area contributed by atoms with Gasteiger partial charge in [-0.3, -0.25) is 0 Å². The van der Waals surface area contributed by atoms with Crippen LogP contribution in [0.4, 0.5) is 0 Å². The third kappa shape index (κ3) is 5.20. The fraction of sp³-hybridized carbons (Fsp3) is 0.500. The van der Waals surface area contributed by atoms with E-state index in [1.807, 2.05) is 30.3 Å². The van der Waals surface area contributed by atoms with E-state index < -0.39 is 0 Å². The molecule has 0 spiro atoms. The van der Waals surface area contributed by atoms with Crippen molar-refractivity contribution in [2.45, 2.75) is 45.4 Å². The number of methoxy groups -OCH3 is 1. The number of ether oxygens (including phenoxy) is 2. The summed E-state index contributed by atoms with van der Waals surface area (Å²) in [5.74, 6) is 0.951. The molecule has 2 aromatic rings. The monoisotopic (exact) mass is 315 g/mol. The number of unbranched alkanes of at least 4 members (excludes halogenated alkanes) is 5. The number of hydrogen-bond donors (Lipinski definition) is 0. The third-order valence-electron chi connectivity index (χ3n) is 3.68. The average molecular weight is 315 g/mol. The molecule has 5 nitrogen and oxygen atoms in total. The topological polar surface area (TPSA) is 57.1 Å². The van der Waals surface area contributed by atoms with Gasteiger partial charge in [0.2, 0.25) is 5.75 Å². The summed E-state index contributed by atoms with van der Waals surface area (Å²) in [5.41, 5.74) is 1.59. The predicted octanol–water partition coefficient (Wildman–Crippen LogP) is 4.29. The minimum Gasteiger partial charge on any atom is -0.490 e. The van der Waals surface area contributed by atoms with Gasteiger partial charge in [-0.1, -0.05) is 74.5 Å². The molecule has 0 bridgehead atoms. The summed E-state index contributed by atoms with van der Waals surface area (Å²) in [6, 6.07) is 9.79. The highest BCUT2D eigenvalue weighted by molar-refractivity contribution is 5.67. The second-order valence-corrected chi connectivity index (χ2v) is 5.46. The number of rotatable bonds is 10. The summed E-state index contributed by atoms with van der Waals surface area (Å²) in [5, 5.41) is 11.9. The molecule has 1 heterocycles. The summed E-state index contributed by atoms with van der Waals surface area (Å²) in [4.78, 5) is 0. The van der Waals surface area contributed by atoms with Gasteiger partial charge in [0.1, 0.15) is 5.69 Å². The minimum absolute atomic E-state index is 0.412. The molecule has 0 radical (unpaired) electrons. The lowest BCUT2D eigenvalue weighted by atomic mass is 10.1. The van der Waals surface area contributed by atoms with Crippen LogP contribution in [-0.4, -0.2) is 29.1 Å². The van der Waals surface area contributed by atoms with Gasteiger partial charge >= 0.3 is 0 Å². The number of benzene rings is 1. The van der Waals surface area contributed by atoms with Crippen molar-refractivity contribution in [1.29, 1.82) is 0 Å². The highest BCUT2D eigenvalue weighted by Gasteiger charge is 2.16. The van der Waals surface area contributed by atoms with Crippen molar-refractivity contribution in [3.8, 4) is 22.9 Å². The zero-order valence-electron chi connectivity index (χ0n) is 14.0. The van der Waals surface area contributed by atoms with Gasteiger partial charge in [-0.15, -0.1) is 5.10 Å². The van der Waals surface area contributed by atoms with Crippen LogP contribution < -0.4 is 9.47 Å². The Morgan fingerprint density at radius 3 is 2.39 bits per heavy atom. The van der Waals surface area contributed by atoms with Crippen LogP contribution in [0.1, 0.15) is 45.4 Å². The van der Waals surface area contributed by atoms with Crippen LogP contribution in [0.2, 0.25) is 0 Å². The summed E-state index contributed by atoms with van der Waals surface area (Å²) >= 11 is 0. The zero-order valence-corrected chi connectivity index (χ0v) is 14.0. The molecule has 0 N–H and O–H groups in total. The standard InChI is InChI=1S/C18H25N3O2/c1-3-4-5-6-7-11-14-23-18-17(22-2)16(19-21-20-18)15-12-9-8-10-13-15/h8-10,12-13H,3-7,11,14H2,1-2H3. The first-order valence-electron chi connectivity index (χ1n) is 8.32. The summed E-state index contributed by atoms with van der Waals surface area (Å²) < 4.78 is 11.2. The van der Waals surface area contributed by atoms with E-state index in [0.29, 0.717) is 23.9 Å². The lowest BCUT2D eigenvalue weighted by molar-refractivity contribution is 0.268. The first-order valence-corrected chi connectivity index (χ1v) is 8.32. The van der Waals surface area contributed by atoms with Gasteiger partial charge in [0.25, 0.3) is 5.88 Å². The number of aromatic nitrogens is 3. The number of nitrogens with zero attached hydrogens (tertiary/aromatic N) is 3. The molecule has 0 amide bonds. The Morgan fingerprint density at radius 1 is 0.913 bits per heavy atom. The quantitative estimate of drug-likeness (QED) is 0.612. The van der Waals surface area contributed by atoms with Crippen molar-refractivity contribution in [1.82, 2.24) is 15.4 Å². The molecule has 0 aliphatic heterocycles. The van der Waals surface area contributed by atoms with Gasteiger partial charge in [-0.05, 0) is 11.6 Å². The van der Waals surface area contributed by atoms with Crippen molar-refractivity contribution in [2.24, 2.45) is 0 Å². The molecule has 1 aromatic heterocycles. The molecule has 23 heavy (non-hydrogen) atoms. The van der Waals surface area contributed by atoms with Gasteiger partial charge < -0.3 is 9.47 Å². The molecular weight excluding hydrogens is 290 g/mol. The van der Waals surface area contributed by atoms with Crippen molar-refractivity contribution < 1.29 is 9.47 Å². The lowest BCUT2D eigenvalue weighted by Crippen LogP contribution is -2.05. The maximum atomic E-state index is 5.76. The zero-order chi connectivity index (χ0) is 16.3. The van der Waals surface area contributed by atoms with Crippen molar-refractivity contribution in [3.05, 3.63) is 30.3 Å². The maximum absolute atomic E-state index is 5.76. The Labute approximate surface area is 138 Å². The second kappa shape index (κ2) is 9.77. The highest BCUT2D eigenvalue weighted by Crippen LogP contribution is 2.33. The maximum Gasteiger partial charge on any atom is 0.280 e. The highest BCUT2D eigenvalue weighted by atomic mass is 16.5. The minimum atomic E-state index is 0.412. The third-order valence-corrected chi connectivity index (χ3v) is 3.68. The average Bonchev–Trinajstić information content (AvgIpc) is 2.61. The van der Waals surface area contributed by atoms with Crippen molar-refractivity contribution in [2.75, 3.05) is 13.7 Å². The molecule has 0 fully saturated rings. The molecule has 124 valence electrons. The molecule has 2 rings (SSSR count). The molecular formula is C18H25N3O2. The number of hydrogen-bond acceptors (Lipinski definition) is 5. The van der Waals surface area contributed by atoms with E-state index in [2.05, 4.69) is 22.3 Å². The van der Waals surface area contributed by atoms with Gasteiger partial charge in [-0.25, -0.2) is 0 Å². The summed E-state index contributed by atoms with van der Waals surface area (Å²) in [7, 11) is 1.60. The largest absolute Gasteiger partial charge is 0.490 e. The van der Waals surface area contributed by atoms with E-state index in [1.165, 1.54) is 32.1 Å². The summed E-state index contributed by atoms with van der Waals surface area (Å²) in [6.07, 6.45) is 7.32. The SMILES string of the molecule is CCCCCCCCOc1nnnc(-c2ccccc2)c1OC. The predicted molar refractivity (Wildman–Crippen MR) is 90.7 cm³/mol. The van der Waals surface area contributed by atoms with Crippen LogP contribution in [0.15, 0.2) is 30.3 Å². The van der Waals surface area contributed by atoms with E-state index in [9.17, 15) is 0 Å². The second-order valence-electron chi connectivity index (χ2n) is 5.46. The first-order chi connectivity index (χ1) is 11.4. The Bertz CT molecular complexity index is 576. The molecule has 0 atom stereocenters. The molecule has 5 heteroatoms. The Balaban J connectivity index is 1.94. The molecule has 0 saturated carbocycles.